The van der Waals surface area contributed by atoms with E-state index >= 15 is 0 Å². The Bertz CT molecular complexity index is 506. The number of nitrogens with zero attached hydrogens (tertiary/aromatic N) is 1. The molecule has 1 heterocycles. The van der Waals surface area contributed by atoms with Gasteiger partial charge >= 0.3 is 0 Å². The zero-order valence-electron chi connectivity index (χ0n) is 11.7. The second-order valence-corrected chi connectivity index (χ2v) is 6.63. The lowest BCUT2D eigenvalue weighted by atomic mass is 10.3. The highest BCUT2D eigenvalue weighted by molar-refractivity contribution is 7.89. The van der Waals surface area contributed by atoms with Gasteiger partial charge in [-0.3, -0.25) is 0 Å². The summed E-state index contributed by atoms with van der Waals surface area (Å²) in [7, 11) is -3.41. The van der Waals surface area contributed by atoms with Crippen LogP contribution in [0.4, 0.5) is 0 Å². The maximum Gasteiger partial charge on any atom is 0.243 e. The van der Waals surface area contributed by atoms with Crippen LogP contribution in [0.3, 0.4) is 0 Å². The second-order valence-electron chi connectivity index (χ2n) is 4.69. The van der Waals surface area contributed by atoms with Gasteiger partial charge in [0.1, 0.15) is 5.75 Å². The largest absolute Gasteiger partial charge is 0.494 e. The molecule has 1 aromatic rings. The molecule has 1 saturated heterocycles. The summed E-state index contributed by atoms with van der Waals surface area (Å²) in [5.41, 5.74) is 0. The van der Waals surface area contributed by atoms with E-state index in [4.69, 9.17) is 9.47 Å². The SMILES string of the molecule is CCCCOc1ccc(S(=O)(=O)N2CCOCC2)cc1. The Balaban J connectivity index is 2.04. The van der Waals surface area contributed by atoms with Crippen LogP contribution >= 0.6 is 0 Å². The third kappa shape index (κ3) is 3.71. The van der Waals surface area contributed by atoms with Crippen LogP contribution in [-0.2, 0) is 14.8 Å². The fourth-order valence-electron chi connectivity index (χ4n) is 1.98. The second kappa shape index (κ2) is 7.06. The lowest BCUT2D eigenvalue weighted by Gasteiger charge is -2.26. The predicted octanol–water partition coefficient (Wildman–Crippen LogP) is 1.89. The zero-order chi connectivity index (χ0) is 14.4. The van der Waals surface area contributed by atoms with E-state index in [-0.39, 0.29) is 0 Å². The van der Waals surface area contributed by atoms with E-state index in [9.17, 15) is 8.42 Å². The topological polar surface area (TPSA) is 55.8 Å². The van der Waals surface area contributed by atoms with Crippen molar-refractivity contribution in [1.29, 1.82) is 0 Å². The standard InChI is InChI=1S/C14H21NO4S/c1-2-3-10-19-13-4-6-14(7-5-13)20(16,17)15-8-11-18-12-9-15/h4-7H,2-3,8-12H2,1H3. The van der Waals surface area contributed by atoms with Crippen molar-refractivity contribution in [2.24, 2.45) is 0 Å². The molecule has 0 amide bonds. The van der Waals surface area contributed by atoms with Gasteiger partial charge in [0.15, 0.2) is 0 Å². The summed E-state index contributed by atoms with van der Waals surface area (Å²) in [6, 6.07) is 6.63. The fraction of sp³-hybridized carbons (Fsp3) is 0.571. The Morgan fingerprint density at radius 3 is 2.45 bits per heavy atom. The third-order valence-electron chi connectivity index (χ3n) is 3.20. The molecule has 1 aromatic carbocycles. The maximum atomic E-state index is 12.4. The van der Waals surface area contributed by atoms with Crippen LogP contribution in [0, 0.1) is 0 Å². The van der Waals surface area contributed by atoms with Crippen molar-refractivity contribution in [1.82, 2.24) is 4.31 Å². The number of ether oxygens (including phenoxy) is 2. The number of benzene rings is 1. The maximum absolute atomic E-state index is 12.4. The van der Waals surface area contributed by atoms with Gasteiger partial charge in [-0.05, 0) is 30.7 Å². The quantitative estimate of drug-likeness (QED) is 0.753. The van der Waals surface area contributed by atoms with Crippen LogP contribution in [0.15, 0.2) is 29.2 Å². The first-order chi connectivity index (χ1) is 9.64. The Labute approximate surface area is 120 Å². The van der Waals surface area contributed by atoms with Gasteiger partial charge in [-0.2, -0.15) is 4.31 Å². The summed E-state index contributed by atoms with van der Waals surface area (Å²) in [6.45, 7) is 4.50. The monoisotopic (exact) mass is 299 g/mol. The molecular weight excluding hydrogens is 278 g/mol. The molecule has 1 aliphatic heterocycles. The molecule has 0 unspecified atom stereocenters. The minimum absolute atomic E-state index is 0.308. The van der Waals surface area contributed by atoms with Crippen LogP contribution in [0.2, 0.25) is 0 Å². The van der Waals surface area contributed by atoms with Crippen molar-refractivity contribution in [3.05, 3.63) is 24.3 Å². The smallest absolute Gasteiger partial charge is 0.243 e. The van der Waals surface area contributed by atoms with Crippen molar-refractivity contribution in [3.63, 3.8) is 0 Å². The van der Waals surface area contributed by atoms with Gasteiger partial charge in [-0.1, -0.05) is 13.3 Å². The van der Waals surface area contributed by atoms with Crippen molar-refractivity contribution < 1.29 is 17.9 Å². The van der Waals surface area contributed by atoms with E-state index in [1.54, 1.807) is 24.3 Å². The molecule has 0 radical (unpaired) electrons. The molecule has 0 aliphatic carbocycles. The molecule has 20 heavy (non-hydrogen) atoms. The number of hydrogen-bond donors (Lipinski definition) is 0. The summed E-state index contributed by atoms with van der Waals surface area (Å²) in [4.78, 5) is 0.308. The minimum atomic E-state index is -3.41. The summed E-state index contributed by atoms with van der Waals surface area (Å²) in [5, 5.41) is 0. The van der Waals surface area contributed by atoms with E-state index in [1.807, 2.05) is 0 Å². The van der Waals surface area contributed by atoms with Crippen molar-refractivity contribution in [2.45, 2.75) is 24.7 Å². The first-order valence-corrected chi connectivity index (χ1v) is 8.39. The molecule has 0 aromatic heterocycles. The van der Waals surface area contributed by atoms with E-state index in [0.717, 1.165) is 12.8 Å². The lowest BCUT2D eigenvalue weighted by Crippen LogP contribution is -2.40. The van der Waals surface area contributed by atoms with Gasteiger partial charge in [-0.25, -0.2) is 8.42 Å². The van der Waals surface area contributed by atoms with Crippen LogP contribution in [0.5, 0.6) is 5.75 Å². The molecule has 2 rings (SSSR count). The molecule has 6 heteroatoms. The van der Waals surface area contributed by atoms with Gasteiger partial charge in [0.2, 0.25) is 10.0 Å². The number of sulfonamides is 1. The third-order valence-corrected chi connectivity index (χ3v) is 5.11. The zero-order valence-corrected chi connectivity index (χ0v) is 12.6. The molecule has 0 saturated carbocycles. The molecule has 0 atom stereocenters. The van der Waals surface area contributed by atoms with Crippen LogP contribution in [0.25, 0.3) is 0 Å². The molecule has 0 N–H and O–H groups in total. The Morgan fingerprint density at radius 1 is 1.20 bits per heavy atom. The highest BCUT2D eigenvalue weighted by Crippen LogP contribution is 2.20. The van der Waals surface area contributed by atoms with Gasteiger partial charge < -0.3 is 9.47 Å². The minimum Gasteiger partial charge on any atom is -0.494 e. The van der Waals surface area contributed by atoms with Gasteiger partial charge in [-0.15, -0.1) is 0 Å². The first-order valence-electron chi connectivity index (χ1n) is 6.95. The normalized spacial score (nSPS) is 17.1. The number of rotatable bonds is 6. The lowest BCUT2D eigenvalue weighted by molar-refractivity contribution is 0.0730. The summed E-state index contributed by atoms with van der Waals surface area (Å²) in [5.74, 6) is 0.708. The number of morpholine rings is 1. The highest BCUT2D eigenvalue weighted by Gasteiger charge is 2.26. The average Bonchev–Trinajstić information content (AvgIpc) is 2.49. The van der Waals surface area contributed by atoms with Gasteiger partial charge in [0.25, 0.3) is 0 Å². The molecule has 1 aliphatic rings. The molecule has 0 spiro atoms. The Morgan fingerprint density at radius 2 is 1.85 bits per heavy atom. The van der Waals surface area contributed by atoms with Crippen molar-refractivity contribution in [3.8, 4) is 5.75 Å². The van der Waals surface area contributed by atoms with Gasteiger partial charge in [0, 0.05) is 13.1 Å². The van der Waals surface area contributed by atoms with E-state index in [0.29, 0.717) is 43.6 Å². The molecule has 1 fully saturated rings. The van der Waals surface area contributed by atoms with Crippen LogP contribution < -0.4 is 4.74 Å². The fourth-order valence-corrected chi connectivity index (χ4v) is 3.39. The Kier molecular flexibility index (Phi) is 5.39. The van der Waals surface area contributed by atoms with E-state index < -0.39 is 10.0 Å². The van der Waals surface area contributed by atoms with Crippen LogP contribution in [0.1, 0.15) is 19.8 Å². The molecule has 5 nitrogen and oxygen atoms in total. The van der Waals surface area contributed by atoms with Crippen molar-refractivity contribution in [2.75, 3.05) is 32.9 Å². The van der Waals surface area contributed by atoms with Crippen LogP contribution in [-0.4, -0.2) is 45.6 Å². The molecule has 0 bridgehead atoms. The predicted molar refractivity (Wildman–Crippen MR) is 76.4 cm³/mol. The highest BCUT2D eigenvalue weighted by atomic mass is 32.2. The molecule has 112 valence electrons. The summed E-state index contributed by atoms with van der Waals surface area (Å²) >= 11 is 0. The summed E-state index contributed by atoms with van der Waals surface area (Å²) in [6.07, 6.45) is 2.07. The molecular formula is C14H21NO4S. The number of unbranched alkanes of at least 4 members (excludes halogenated alkanes) is 1. The Hall–Kier alpha value is -1.11. The van der Waals surface area contributed by atoms with E-state index in [2.05, 4.69) is 6.92 Å². The van der Waals surface area contributed by atoms with Gasteiger partial charge in [0.05, 0.1) is 24.7 Å². The summed E-state index contributed by atoms with van der Waals surface area (Å²) < 4.78 is 36.9. The number of hydrogen-bond acceptors (Lipinski definition) is 4. The van der Waals surface area contributed by atoms with E-state index in [1.165, 1.54) is 4.31 Å². The first kappa shape index (κ1) is 15.3. The average molecular weight is 299 g/mol. The van der Waals surface area contributed by atoms with Crippen molar-refractivity contribution >= 4 is 10.0 Å².